The Morgan fingerprint density at radius 3 is 2.41 bits per heavy atom. The monoisotopic (exact) mass is 516 g/mol. The average molecular weight is 517 g/mol. The molecule has 0 radical (unpaired) electrons. The van der Waals surface area contributed by atoms with Gasteiger partial charge in [0.15, 0.2) is 10.6 Å². The Bertz CT molecular complexity index is 1510. The molecule has 1 unspecified atom stereocenters. The maximum atomic E-state index is 13.9. The van der Waals surface area contributed by atoms with E-state index in [1.54, 1.807) is 4.90 Å². The number of nitrogens with zero attached hydrogens (tertiary/aromatic N) is 2. The second-order valence-corrected chi connectivity index (χ2v) is 11.0. The summed E-state index contributed by atoms with van der Waals surface area (Å²) in [5.41, 5.74) is 4.30. The molecule has 1 aliphatic heterocycles. The van der Waals surface area contributed by atoms with Crippen molar-refractivity contribution in [1.82, 2.24) is 4.98 Å². The highest BCUT2D eigenvalue weighted by atomic mass is 32.1. The summed E-state index contributed by atoms with van der Waals surface area (Å²) in [6.07, 6.45) is 4.57. The summed E-state index contributed by atoms with van der Waals surface area (Å²) < 4.78 is 12.1. The summed E-state index contributed by atoms with van der Waals surface area (Å²) in [5.74, 6) is 0.517. The number of carbonyl (C=O) groups is 1. The van der Waals surface area contributed by atoms with Gasteiger partial charge in [-0.05, 0) is 75.1 Å². The molecule has 1 atom stereocenters. The van der Waals surface area contributed by atoms with Crippen molar-refractivity contribution in [1.29, 1.82) is 0 Å². The van der Waals surface area contributed by atoms with Gasteiger partial charge in [0.2, 0.25) is 5.76 Å². The van der Waals surface area contributed by atoms with Gasteiger partial charge >= 0.3 is 0 Å². The summed E-state index contributed by atoms with van der Waals surface area (Å²) in [7, 11) is 0. The number of carbonyl (C=O) groups excluding carboxylic acids is 1. The van der Waals surface area contributed by atoms with Crippen LogP contribution >= 0.6 is 11.3 Å². The Morgan fingerprint density at radius 2 is 1.73 bits per heavy atom. The van der Waals surface area contributed by atoms with Crippen LogP contribution in [-0.4, -0.2) is 17.5 Å². The van der Waals surface area contributed by atoms with Crippen LogP contribution in [0.5, 0.6) is 5.75 Å². The van der Waals surface area contributed by atoms with E-state index in [-0.39, 0.29) is 17.1 Å². The van der Waals surface area contributed by atoms with Crippen molar-refractivity contribution in [3.63, 3.8) is 0 Å². The Labute approximate surface area is 220 Å². The van der Waals surface area contributed by atoms with Gasteiger partial charge in [-0.15, -0.1) is 11.3 Å². The number of aryl methyl sites for hydroxylation is 4. The summed E-state index contributed by atoms with van der Waals surface area (Å²) in [6, 6.07) is 10.7. The van der Waals surface area contributed by atoms with Gasteiger partial charge in [-0.1, -0.05) is 38.3 Å². The van der Waals surface area contributed by atoms with Crippen LogP contribution in [0.3, 0.4) is 0 Å². The van der Waals surface area contributed by atoms with Crippen molar-refractivity contribution in [2.24, 2.45) is 0 Å². The second-order valence-electron chi connectivity index (χ2n) is 9.80. The van der Waals surface area contributed by atoms with E-state index in [4.69, 9.17) is 9.15 Å². The Morgan fingerprint density at radius 1 is 1.00 bits per heavy atom. The highest BCUT2D eigenvalue weighted by Gasteiger charge is 2.45. The zero-order valence-electron chi connectivity index (χ0n) is 22.0. The zero-order valence-corrected chi connectivity index (χ0v) is 22.8. The quantitative estimate of drug-likeness (QED) is 0.232. The first-order valence-corrected chi connectivity index (χ1v) is 13.7. The van der Waals surface area contributed by atoms with E-state index in [0.717, 1.165) is 45.9 Å². The number of anilines is 1. The van der Waals surface area contributed by atoms with E-state index in [1.807, 2.05) is 64.1 Å². The van der Waals surface area contributed by atoms with Crippen molar-refractivity contribution in [2.45, 2.75) is 66.3 Å². The number of benzene rings is 2. The van der Waals surface area contributed by atoms with Crippen LogP contribution in [-0.2, 0) is 0 Å². The molecule has 37 heavy (non-hydrogen) atoms. The molecule has 0 fully saturated rings. The van der Waals surface area contributed by atoms with Gasteiger partial charge < -0.3 is 9.15 Å². The van der Waals surface area contributed by atoms with Crippen molar-refractivity contribution in [3.8, 4) is 5.75 Å². The molecular formula is C30H32N2O4S. The number of hydrogen-bond donors (Lipinski definition) is 0. The molecular weight excluding hydrogens is 484 g/mol. The van der Waals surface area contributed by atoms with Gasteiger partial charge in [0.05, 0.1) is 29.3 Å². The predicted molar refractivity (Wildman–Crippen MR) is 148 cm³/mol. The average Bonchev–Trinajstić information content (AvgIpc) is 3.36. The number of ether oxygens (including phenoxy) is 1. The molecule has 1 aliphatic rings. The highest BCUT2D eigenvalue weighted by molar-refractivity contribution is 7.15. The van der Waals surface area contributed by atoms with Crippen molar-refractivity contribution in [2.75, 3.05) is 11.5 Å². The minimum absolute atomic E-state index is 0.0903. The first kappa shape index (κ1) is 25.2. The smallest absolute Gasteiger partial charge is 0.297 e. The third kappa shape index (κ3) is 4.57. The minimum Gasteiger partial charge on any atom is -0.494 e. The molecule has 192 valence electrons. The fourth-order valence-electron chi connectivity index (χ4n) is 4.76. The third-order valence-electron chi connectivity index (χ3n) is 7.17. The number of unbranched alkanes of at least 4 members (excludes halogenated alkanes) is 3. The van der Waals surface area contributed by atoms with Gasteiger partial charge in [0.25, 0.3) is 5.91 Å². The molecule has 3 heterocycles. The van der Waals surface area contributed by atoms with E-state index >= 15 is 0 Å². The molecule has 7 heteroatoms. The fourth-order valence-corrected chi connectivity index (χ4v) is 5.70. The molecule has 5 rings (SSSR count). The topological polar surface area (TPSA) is 72.6 Å². The standard InChI is InChI=1S/C30H32N2O4S/c1-6-7-8-9-14-35-22-12-10-21(11-13-22)26-25-27(33)23-15-17(2)18(3)16-24(23)36-28(25)29(34)32(26)30-31-19(4)20(5)37-30/h10-13,15-16,26H,6-9,14H2,1-5H3. The molecule has 6 nitrogen and oxygen atoms in total. The van der Waals surface area contributed by atoms with Gasteiger partial charge in [0.1, 0.15) is 11.3 Å². The molecule has 0 spiro atoms. The molecule has 0 bridgehead atoms. The Balaban J connectivity index is 1.59. The van der Waals surface area contributed by atoms with Crippen LogP contribution in [0.15, 0.2) is 45.6 Å². The number of rotatable bonds is 8. The van der Waals surface area contributed by atoms with Crippen LogP contribution in [0.1, 0.15) is 82.0 Å². The number of amides is 1. The maximum Gasteiger partial charge on any atom is 0.297 e. The number of thiazole rings is 1. The lowest BCUT2D eigenvalue weighted by Crippen LogP contribution is -2.29. The lowest BCUT2D eigenvalue weighted by atomic mass is 9.97. The molecule has 0 saturated carbocycles. The van der Waals surface area contributed by atoms with Crippen molar-refractivity contribution in [3.05, 3.63) is 85.2 Å². The van der Waals surface area contributed by atoms with E-state index in [0.29, 0.717) is 28.3 Å². The minimum atomic E-state index is -0.631. The normalized spacial score (nSPS) is 15.0. The molecule has 2 aromatic carbocycles. The van der Waals surface area contributed by atoms with E-state index in [1.165, 1.54) is 24.2 Å². The molecule has 1 amide bonds. The van der Waals surface area contributed by atoms with Crippen LogP contribution in [0.4, 0.5) is 5.13 Å². The molecule has 2 aromatic heterocycles. The summed E-state index contributed by atoms with van der Waals surface area (Å²) >= 11 is 1.45. The number of fused-ring (bicyclic) bond motifs is 2. The highest BCUT2D eigenvalue weighted by Crippen LogP contribution is 2.43. The van der Waals surface area contributed by atoms with Crippen LogP contribution < -0.4 is 15.1 Å². The van der Waals surface area contributed by atoms with E-state index in [2.05, 4.69) is 11.9 Å². The van der Waals surface area contributed by atoms with Crippen LogP contribution in [0.25, 0.3) is 11.0 Å². The van der Waals surface area contributed by atoms with E-state index < -0.39 is 6.04 Å². The molecule has 0 aliphatic carbocycles. The number of hydrogen-bond acceptors (Lipinski definition) is 6. The van der Waals surface area contributed by atoms with Crippen LogP contribution in [0, 0.1) is 27.7 Å². The fraction of sp³-hybridized carbons (Fsp3) is 0.367. The molecule has 0 saturated heterocycles. The summed E-state index contributed by atoms with van der Waals surface area (Å²) in [6.45, 7) is 10.7. The molecule has 0 N–H and O–H groups in total. The third-order valence-corrected chi connectivity index (χ3v) is 8.24. The van der Waals surface area contributed by atoms with Crippen molar-refractivity contribution < 1.29 is 13.9 Å². The van der Waals surface area contributed by atoms with E-state index in [9.17, 15) is 9.59 Å². The summed E-state index contributed by atoms with van der Waals surface area (Å²) in [5, 5.41) is 1.04. The van der Waals surface area contributed by atoms with Gasteiger partial charge in [0, 0.05) is 4.88 Å². The lowest BCUT2D eigenvalue weighted by molar-refractivity contribution is 0.0971. The SMILES string of the molecule is CCCCCCOc1ccc(C2c3c(oc4cc(C)c(C)cc4c3=O)C(=O)N2c2nc(C)c(C)s2)cc1. The summed E-state index contributed by atoms with van der Waals surface area (Å²) in [4.78, 5) is 35.0. The van der Waals surface area contributed by atoms with Gasteiger partial charge in [-0.3, -0.25) is 14.5 Å². The lowest BCUT2D eigenvalue weighted by Gasteiger charge is -2.22. The zero-order chi connectivity index (χ0) is 26.3. The van der Waals surface area contributed by atoms with Crippen molar-refractivity contribution >= 4 is 33.3 Å². The Kier molecular flexibility index (Phi) is 6.90. The Hall–Kier alpha value is -3.45. The second kappa shape index (κ2) is 10.1. The van der Waals surface area contributed by atoms with Gasteiger partial charge in [-0.25, -0.2) is 4.98 Å². The maximum absolute atomic E-state index is 13.9. The van der Waals surface area contributed by atoms with Gasteiger partial charge in [-0.2, -0.15) is 0 Å². The largest absolute Gasteiger partial charge is 0.494 e. The molecule has 4 aromatic rings. The number of aromatic nitrogens is 1. The first-order chi connectivity index (χ1) is 17.8. The first-order valence-electron chi connectivity index (χ1n) is 12.9. The predicted octanol–water partition coefficient (Wildman–Crippen LogP) is 7.19. The van der Waals surface area contributed by atoms with Crippen LogP contribution in [0.2, 0.25) is 0 Å².